The normalized spacial score (nSPS) is 18.1. The molecule has 1 aliphatic rings. The topological polar surface area (TPSA) is 100 Å². The van der Waals surface area contributed by atoms with Crippen LogP contribution < -0.4 is 16.0 Å². The van der Waals surface area contributed by atoms with E-state index in [2.05, 4.69) is 20.0 Å². The van der Waals surface area contributed by atoms with E-state index in [4.69, 9.17) is 5.84 Å². The van der Waals surface area contributed by atoms with Crippen LogP contribution in [0.15, 0.2) is 23.2 Å². The first-order valence-corrected chi connectivity index (χ1v) is 8.17. The molecule has 1 atom stereocenters. The summed E-state index contributed by atoms with van der Waals surface area (Å²) in [4.78, 5) is 6.24. The molecule has 1 fully saturated rings. The highest BCUT2D eigenvalue weighted by Gasteiger charge is 2.23. The van der Waals surface area contributed by atoms with Crippen LogP contribution >= 0.6 is 0 Å². The van der Waals surface area contributed by atoms with Crippen LogP contribution in [0.25, 0.3) is 0 Å². The van der Waals surface area contributed by atoms with Crippen molar-refractivity contribution in [1.82, 2.24) is 14.6 Å². The van der Waals surface area contributed by atoms with E-state index >= 15 is 0 Å². The SMILES string of the molecule is CC(CN1CCCC1)NS(=O)(=O)c1cccnc1NN. The lowest BCUT2D eigenvalue weighted by atomic mass is 10.3. The average molecular weight is 299 g/mol. The number of hydrazine groups is 1. The van der Waals surface area contributed by atoms with E-state index in [0.29, 0.717) is 6.54 Å². The number of likely N-dealkylation sites (tertiary alicyclic amines) is 1. The maximum Gasteiger partial charge on any atom is 0.244 e. The predicted octanol–water partition coefficient (Wildman–Crippen LogP) is 0.130. The maximum atomic E-state index is 12.3. The minimum absolute atomic E-state index is 0.0655. The minimum Gasteiger partial charge on any atom is -0.307 e. The molecule has 1 saturated heterocycles. The number of nitrogens with zero attached hydrogens (tertiary/aromatic N) is 2. The molecule has 0 aromatic carbocycles. The molecule has 2 rings (SSSR count). The molecular weight excluding hydrogens is 278 g/mol. The molecule has 0 radical (unpaired) electrons. The summed E-state index contributed by atoms with van der Waals surface area (Å²) in [6.07, 6.45) is 3.86. The number of pyridine rings is 1. The number of anilines is 1. The van der Waals surface area contributed by atoms with E-state index in [-0.39, 0.29) is 16.8 Å². The first kappa shape index (κ1) is 15.2. The molecular formula is C12H21N5O2S. The molecule has 1 aliphatic heterocycles. The van der Waals surface area contributed by atoms with Gasteiger partial charge in [0.25, 0.3) is 0 Å². The zero-order chi connectivity index (χ0) is 14.6. The van der Waals surface area contributed by atoms with E-state index in [0.717, 1.165) is 13.1 Å². The van der Waals surface area contributed by atoms with Gasteiger partial charge in [0.15, 0.2) is 5.82 Å². The van der Waals surface area contributed by atoms with Crippen LogP contribution in [0, 0.1) is 0 Å². The summed E-state index contributed by atoms with van der Waals surface area (Å²) >= 11 is 0. The minimum atomic E-state index is -3.63. The largest absolute Gasteiger partial charge is 0.307 e. The van der Waals surface area contributed by atoms with Crippen LogP contribution in [0.4, 0.5) is 5.82 Å². The van der Waals surface area contributed by atoms with Crippen molar-refractivity contribution < 1.29 is 8.42 Å². The number of sulfonamides is 1. The Morgan fingerprint density at radius 1 is 1.45 bits per heavy atom. The van der Waals surface area contributed by atoms with Gasteiger partial charge in [-0.05, 0) is 45.0 Å². The Morgan fingerprint density at radius 3 is 2.80 bits per heavy atom. The summed E-state index contributed by atoms with van der Waals surface area (Å²) in [5, 5.41) is 0. The van der Waals surface area contributed by atoms with Gasteiger partial charge >= 0.3 is 0 Å². The molecule has 2 heterocycles. The Hall–Kier alpha value is -1.22. The Morgan fingerprint density at radius 2 is 2.15 bits per heavy atom. The number of hydrogen-bond acceptors (Lipinski definition) is 6. The Balaban J connectivity index is 2.06. The van der Waals surface area contributed by atoms with E-state index in [1.165, 1.54) is 25.1 Å². The molecule has 0 spiro atoms. The van der Waals surface area contributed by atoms with Gasteiger partial charge < -0.3 is 10.3 Å². The van der Waals surface area contributed by atoms with Crippen LogP contribution in [0.5, 0.6) is 0 Å². The predicted molar refractivity (Wildman–Crippen MR) is 77.5 cm³/mol. The van der Waals surface area contributed by atoms with Gasteiger partial charge in [-0.15, -0.1) is 0 Å². The van der Waals surface area contributed by atoms with Gasteiger partial charge in [-0.1, -0.05) is 0 Å². The van der Waals surface area contributed by atoms with Crippen molar-refractivity contribution in [2.45, 2.75) is 30.7 Å². The summed E-state index contributed by atoms with van der Waals surface area (Å²) in [7, 11) is -3.63. The number of nitrogens with two attached hydrogens (primary N) is 1. The van der Waals surface area contributed by atoms with Gasteiger partial charge in [-0.25, -0.2) is 24.0 Å². The third-order valence-corrected chi connectivity index (χ3v) is 4.91. The summed E-state index contributed by atoms with van der Waals surface area (Å²) in [5.41, 5.74) is 2.31. The van der Waals surface area contributed by atoms with Crippen LogP contribution in [0.2, 0.25) is 0 Å². The lowest BCUT2D eigenvalue weighted by Crippen LogP contribution is -2.41. The van der Waals surface area contributed by atoms with E-state index < -0.39 is 10.0 Å². The summed E-state index contributed by atoms with van der Waals surface area (Å²) < 4.78 is 27.3. The zero-order valence-corrected chi connectivity index (χ0v) is 12.4. The fraction of sp³-hybridized carbons (Fsp3) is 0.583. The molecule has 1 unspecified atom stereocenters. The average Bonchev–Trinajstić information content (AvgIpc) is 2.90. The van der Waals surface area contributed by atoms with Gasteiger partial charge in [0.05, 0.1) is 0 Å². The summed E-state index contributed by atoms with van der Waals surface area (Å²) in [5.74, 6) is 5.44. The zero-order valence-electron chi connectivity index (χ0n) is 11.5. The maximum absolute atomic E-state index is 12.3. The molecule has 0 aliphatic carbocycles. The number of rotatable bonds is 6. The van der Waals surface area contributed by atoms with Crippen molar-refractivity contribution in [3.05, 3.63) is 18.3 Å². The van der Waals surface area contributed by atoms with Crippen LogP contribution in [0.3, 0.4) is 0 Å². The molecule has 20 heavy (non-hydrogen) atoms. The van der Waals surface area contributed by atoms with Crippen LogP contribution in [-0.2, 0) is 10.0 Å². The second-order valence-electron chi connectivity index (χ2n) is 5.02. The van der Waals surface area contributed by atoms with Crippen molar-refractivity contribution in [3.63, 3.8) is 0 Å². The highest BCUT2D eigenvalue weighted by molar-refractivity contribution is 7.89. The number of aromatic nitrogens is 1. The molecule has 112 valence electrons. The van der Waals surface area contributed by atoms with Gasteiger partial charge in [-0.2, -0.15) is 0 Å². The molecule has 0 saturated carbocycles. The third kappa shape index (κ3) is 3.66. The Labute approximate surface area is 119 Å². The van der Waals surface area contributed by atoms with Crippen LogP contribution in [-0.4, -0.2) is 44.0 Å². The van der Waals surface area contributed by atoms with Crippen molar-refractivity contribution in [3.8, 4) is 0 Å². The number of nitrogen functional groups attached to an aromatic ring is 1. The van der Waals surface area contributed by atoms with Crippen LogP contribution in [0.1, 0.15) is 19.8 Å². The van der Waals surface area contributed by atoms with Gasteiger partial charge in [-0.3, -0.25) is 0 Å². The fourth-order valence-electron chi connectivity index (χ4n) is 2.43. The van der Waals surface area contributed by atoms with Crippen molar-refractivity contribution in [2.24, 2.45) is 5.84 Å². The molecule has 1 aromatic heterocycles. The highest BCUT2D eigenvalue weighted by atomic mass is 32.2. The summed E-state index contributed by atoms with van der Waals surface area (Å²) in [6.45, 7) is 4.65. The van der Waals surface area contributed by atoms with Crippen molar-refractivity contribution in [1.29, 1.82) is 0 Å². The van der Waals surface area contributed by atoms with Gasteiger partial charge in [0.1, 0.15) is 4.90 Å². The van der Waals surface area contributed by atoms with E-state index in [1.54, 1.807) is 6.07 Å². The van der Waals surface area contributed by atoms with E-state index in [1.807, 2.05) is 6.92 Å². The Bertz CT molecular complexity index is 543. The van der Waals surface area contributed by atoms with Crippen molar-refractivity contribution in [2.75, 3.05) is 25.1 Å². The lowest BCUT2D eigenvalue weighted by molar-refractivity contribution is 0.313. The lowest BCUT2D eigenvalue weighted by Gasteiger charge is -2.21. The molecule has 1 aromatic rings. The second-order valence-corrected chi connectivity index (χ2v) is 6.71. The monoisotopic (exact) mass is 299 g/mol. The second kappa shape index (κ2) is 6.49. The van der Waals surface area contributed by atoms with Crippen molar-refractivity contribution >= 4 is 15.8 Å². The standard InChI is InChI=1S/C12H21N5O2S/c1-10(9-17-7-2-3-8-17)16-20(18,19)11-5-4-6-14-12(11)15-13/h4-6,10,16H,2-3,7-9,13H2,1H3,(H,14,15). The van der Waals surface area contributed by atoms with Gasteiger partial charge in [0.2, 0.25) is 10.0 Å². The summed E-state index contributed by atoms with van der Waals surface area (Å²) in [6, 6.07) is 2.89. The highest BCUT2D eigenvalue weighted by Crippen LogP contribution is 2.17. The molecule has 8 heteroatoms. The molecule has 0 amide bonds. The van der Waals surface area contributed by atoms with E-state index in [9.17, 15) is 8.42 Å². The first-order chi connectivity index (χ1) is 9.53. The smallest absolute Gasteiger partial charge is 0.244 e. The number of nitrogens with one attached hydrogen (secondary N) is 2. The molecule has 0 bridgehead atoms. The van der Waals surface area contributed by atoms with Gasteiger partial charge in [0, 0.05) is 18.8 Å². The Kier molecular flexibility index (Phi) is 4.92. The molecule has 7 nitrogen and oxygen atoms in total. The quantitative estimate of drug-likeness (QED) is 0.510. The fourth-order valence-corrected chi connectivity index (χ4v) is 3.79. The molecule has 4 N–H and O–H groups in total. The number of hydrogen-bond donors (Lipinski definition) is 3. The third-order valence-electron chi connectivity index (χ3n) is 3.28. The first-order valence-electron chi connectivity index (χ1n) is 6.69.